The number of ether oxygens (including phenoxy) is 2. The van der Waals surface area contributed by atoms with E-state index in [0.29, 0.717) is 94.7 Å². The van der Waals surface area contributed by atoms with E-state index in [1.165, 1.54) is 14.2 Å². The molecular weight excluding hydrogens is 811 g/mol. The molecule has 18 heteroatoms. The van der Waals surface area contributed by atoms with Crippen molar-refractivity contribution in [2.45, 2.75) is 32.8 Å². The quantitative estimate of drug-likeness (QED) is 0.113. The van der Waals surface area contributed by atoms with Crippen LogP contribution in [0.2, 0.25) is 0 Å². The Labute approximate surface area is 354 Å². The summed E-state index contributed by atoms with van der Waals surface area (Å²) >= 11 is 0. The Bertz CT molecular complexity index is 2590. The lowest BCUT2D eigenvalue weighted by molar-refractivity contribution is -0.185. The lowest BCUT2D eigenvalue weighted by atomic mass is 10.0. The third kappa shape index (κ3) is 8.79. The number of aliphatic hydroxyl groups is 1. The van der Waals surface area contributed by atoms with Crippen LogP contribution in [0.25, 0.3) is 33.8 Å². The zero-order valence-electron chi connectivity index (χ0n) is 34.6. The number of methoxy groups -OCH3 is 1. The van der Waals surface area contributed by atoms with Crippen molar-refractivity contribution in [3.8, 4) is 22.5 Å². The molecular formula is C44H47F4N9O5. The molecule has 2 aliphatic heterocycles. The molecule has 2 saturated heterocycles. The van der Waals surface area contributed by atoms with Gasteiger partial charge in [0.25, 0.3) is 11.8 Å². The maximum atomic E-state index is 16.1. The second-order valence-corrected chi connectivity index (χ2v) is 15.5. The lowest BCUT2D eigenvalue weighted by Crippen LogP contribution is -2.50. The highest BCUT2D eigenvalue weighted by Crippen LogP contribution is 2.34. The number of aromatic nitrogens is 4. The Morgan fingerprint density at radius 1 is 0.758 bits per heavy atom. The van der Waals surface area contributed by atoms with Crippen molar-refractivity contribution in [2.24, 2.45) is 0 Å². The van der Waals surface area contributed by atoms with Gasteiger partial charge >= 0.3 is 0 Å². The topological polar surface area (TPSA) is 141 Å². The summed E-state index contributed by atoms with van der Waals surface area (Å²) in [5, 5.41) is 15.2. The Balaban J connectivity index is 1.00. The number of pyridine rings is 2. The van der Waals surface area contributed by atoms with Crippen molar-refractivity contribution in [3.63, 3.8) is 0 Å². The molecule has 4 aromatic heterocycles. The van der Waals surface area contributed by atoms with Crippen LogP contribution in [0.5, 0.6) is 0 Å². The van der Waals surface area contributed by atoms with Gasteiger partial charge in [-0.3, -0.25) is 24.3 Å². The Morgan fingerprint density at radius 3 is 1.82 bits per heavy atom. The number of hydrogen-bond acceptors (Lipinski definition) is 10. The molecule has 2 fully saturated rings. The number of carbonyl (C=O) groups excluding carboxylic acids is 2. The Kier molecular flexibility index (Phi) is 12.7. The molecule has 0 saturated carbocycles. The van der Waals surface area contributed by atoms with Gasteiger partial charge in [-0.2, -0.15) is 0 Å². The van der Waals surface area contributed by atoms with Gasteiger partial charge in [-0.1, -0.05) is 0 Å². The Morgan fingerprint density at radius 2 is 1.27 bits per heavy atom. The molecule has 0 radical (unpaired) electrons. The number of benzene rings is 2. The first-order valence-electron chi connectivity index (χ1n) is 20.4. The zero-order chi connectivity index (χ0) is 43.7. The van der Waals surface area contributed by atoms with Gasteiger partial charge in [-0.15, -0.1) is 0 Å². The minimum atomic E-state index is -1.01. The fourth-order valence-corrected chi connectivity index (χ4v) is 8.09. The number of hydrogen-bond donors (Lipinski definition) is 3. The summed E-state index contributed by atoms with van der Waals surface area (Å²) in [4.78, 5) is 40.8. The maximum Gasteiger partial charge on any atom is 0.251 e. The first kappa shape index (κ1) is 42.9. The summed E-state index contributed by atoms with van der Waals surface area (Å²) in [6.07, 6.45) is 2.86. The van der Waals surface area contributed by atoms with Crippen LogP contribution in [0.3, 0.4) is 0 Å². The van der Waals surface area contributed by atoms with E-state index < -0.39 is 41.5 Å². The molecule has 2 aromatic carbocycles. The highest BCUT2D eigenvalue weighted by molar-refractivity contribution is 5.95. The van der Waals surface area contributed by atoms with E-state index in [9.17, 15) is 14.7 Å². The predicted molar refractivity (Wildman–Crippen MR) is 221 cm³/mol. The summed E-state index contributed by atoms with van der Waals surface area (Å²) in [6, 6.07) is 11.3. The van der Waals surface area contributed by atoms with E-state index in [1.807, 2.05) is 29.7 Å². The number of nitrogens with one attached hydrogen (secondary N) is 2. The zero-order valence-corrected chi connectivity index (χ0v) is 34.6. The number of halogens is 4. The Hall–Kier alpha value is -5.76. The summed E-state index contributed by atoms with van der Waals surface area (Å²) in [5.41, 5.74) is 2.91. The monoisotopic (exact) mass is 857 g/mol. The molecule has 326 valence electrons. The highest BCUT2D eigenvalue weighted by atomic mass is 19.1. The molecule has 3 N–H and O–H groups in total. The number of nitrogens with zero attached hydrogens (tertiary/aromatic N) is 7. The van der Waals surface area contributed by atoms with Crippen LogP contribution in [0.4, 0.5) is 17.6 Å². The normalized spacial score (nSPS) is 16.0. The van der Waals surface area contributed by atoms with Crippen molar-refractivity contribution >= 4 is 23.1 Å². The number of rotatable bonds is 13. The molecule has 1 atom stereocenters. The molecule has 8 rings (SSSR count). The molecule has 6 aromatic rings. The van der Waals surface area contributed by atoms with Crippen LogP contribution < -0.4 is 10.6 Å². The molecule has 1 unspecified atom stereocenters. The predicted octanol–water partition coefficient (Wildman–Crippen LogP) is 4.39. The molecule has 6 heterocycles. The molecule has 62 heavy (non-hydrogen) atoms. The van der Waals surface area contributed by atoms with E-state index in [4.69, 9.17) is 9.47 Å². The first-order chi connectivity index (χ1) is 29.9. The van der Waals surface area contributed by atoms with Crippen LogP contribution >= 0.6 is 0 Å². The summed E-state index contributed by atoms with van der Waals surface area (Å²) in [6.45, 7) is 7.13. The molecule has 0 aliphatic carbocycles. The van der Waals surface area contributed by atoms with Gasteiger partial charge in [0.2, 0.25) is 6.41 Å². The van der Waals surface area contributed by atoms with Crippen molar-refractivity contribution in [3.05, 3.63) is 118 Å². The summed E-state index contributed by atoms with van der Waals surface area (Å²) in [7, 11) is 2.80. The molecule has 0 spiro atoms. The van der Waals surface area contributed by atoms with E-state index in [0.717, 1.165) is 35.4 Å². The van der Waals surface area contributed by atoms with Crippen LogP contribution in [-0.2, 0) is 29.0 Å². The number of fused-ring (bicyclic) bond motifs is 2. The van der Waals surface area contributed by atoms with E-state index >= 15 is 17.6 Å². The molecule has 14 nitrogen and oxygen atoms in total. The van der Waals surface area contributed by atoms with Gasteiger partial charge in [0, 0.05) is 96.6 Å². The number of morpholine rings is 1. The largest absolute Gasteiger partial charge is 0.379 e. The fourth-order valence-electron chi connectivity index (χ4n) is 8.09. The van der Waals surface area contributed by atoms with E-state index in [2.05, 4.69) is 30.4 Å². The number of carbonyl (C=O) groups is 2. The lowest BCUT2D eigenvalue weighted by Gasteiger charge is -2.36. The van der Waals surface area contributed by atoms with Gasteiger partial charge in [-0.25, -0.2) is 27.5 Å². The molecule has 0 bridgehead atoms. The van der Waals surface area contributed by atoms with Crippen LogP contribution in [-0.4, -0.2) is 130 Å². The van der Waals surface area contributed by atoms with E-state index in [1.54, 1.807) is 27.6 Å². The third-order valence-corrected chi connectivity index (χ3v) is 11.5. The van der Waals surface area contributed by atoms with Crippen LogP contribution in [0, 0.1) is 30.2 Å². The molecule has 2 amide bonds. The average molecular weight is 858 g/mol. The van der Waals surface area contributed by atoms with Crippen molar-refractivity contribution in [1.82, 2.24) is 44.1 Å². The third-order valence-electron chi connectivity index (χ3n) is 11.5. The number of piperazine rings is 1. The second kappa shape index (κ2) is 18.3. The van der Waals surface area contributed by atoms with Gasteiger partial charge in [0.05, 0.1) is 47.1 Å². The maximum absolute atomic E-state index is 16.1. The second-order valence-electron chi connectivity index (χ2n) is 15.5. The SMILES string of the molecule is CNC(=O)c1cc(F)c(-c2nc3cc(CCNC(=O)c4cc(F)c(-c5nc6cc(C)ccn6c5CN5CCN(C(O)OC)CC5)c(F)c4)ccn3c2CN2CCOCC2)c(F)c1. The number of aliphatic hydroxyl groups excluding tert-OH is 1. The number of amides is 2. The summed E-state index contributed by atoms with van der Waals surface area (Å²) < 4.78 is 77.4. The average Bonchev–Trinajstić information content (AvgIpc) is 3.79. The van der Waals surface area contributed by atoms with Crippen LogP contribution in [0.1, 0.15) is 43.2 Å². The van der Waals surface area contributed by atoms with Crippen molar-refractivity contribution in [1.29, 1.82) is 0 Å². The van der Waals surface area contributed by atoms with Gasteiger partial charge in [0.1, 0.15) is 34.6 Å². The van der Waals surface area contributed by atoms with Gasteiger partial charge in [-0.05, 0) is 73.0 Å². The molecule has 2 aliphatic rings. The minimum Gasteiger partial charge on any atom is -0.379 e. The smallest absolute Gasteiger partial charge is 0.251 e. The van der Waals surface area contributed by atoms with Gasteiger partial charge < -0.3 is 34.0 Å². The van der Waals surface area contributed by atoms with Crippen molar-refractivity contribution < 1.29 is 41.7 Å². The summed E-state index contributed by atoms with van der Waals surface area (Å²) in [5.74, 6) is -5.04. The fraction of sp³-hybridized carbons (Fsp3) is 0.364. The number of aryl methyl sites for hydroxylation is 1. The minimum absolute atomic E-state index is 0.0975. The van der Waals surface area contributed by atoms with E-state index in [-0.39, 0.29) is 40.2 Å². The number of imidazole rings is 2. The first-order valence-corrected chi connectivity index (χ1v) is 20.4. The van der Waals surface area contributed by atoms with Crippen molar-refractivity contribution in [2.75, 3.05) is 73.2 Å². The van der Waals surface area contributed by atoms with Gasteiger partial charge in [0.15, 0.2) is 0 Å². The highest BCUT2D eigenvalue weighted by Gasteiger charge is 2.28. The standard InChI is InChI=1S/C44H47F4N9O5/c1-26-5-8-56-34(24-53-10-12-55(13-11-53)44(60)61-3)40(51-36(56)18-26)39-32(47)22-29(23-33(39)48)43(59)50-7-4-27-6-9-57-35(25-54-14-16-62-17-15-54)41(52-37(57)19-27)38-30(45)20-28(21-31(38)46)42(58)49-2/h5-6,8-9,18-23,44,60H,4,7,10-17,24-25H2,1-3H3,(H,49,58)(H,50,59). The van der Waals surface area contributed by atoms with Crippen LogP contribution in [0.15, 0.2) is 60.9 Å².